The van der Waals surface area contributed by atoms with Crippen molar-refractivity contribution < 1.29 is 22.9 Å². The first-order chi connectivity index (χ1) is 15.7. The van der Waals surface area contributed by atoms with Crippen molar-refractivity contribution in [2.45, 2.75) is 44.0 Å². The molecule has 1 N–H and O–H groups in total. The Balaban J connectivity index is 1.68. The molecule has 0 aliphatic carbocycles. The van der Waals surface area contributed by atoms with E-state index in [9.17, 15) is 23.3 Å². The fourth-order valence-corrected chi connectivity index (χ4v) is 5.84. The number of ether oxygens (including phenoxy) is 1. The number of nitro benzene ring substituents is 1. The molecule has 1 unspecified atom stereocenters. The molecule has 0 saturated carbocycles. The van der Waals surface area contributed by atoms with Crippen LogP contribution in [0.1, 0.15) is 43.4 Å². The lowest BCUT2D eigenvalue weighted by Crippen LogP contribution is -2.43. The highest BCUT2D eigenvalue weighted by atomic mass is 32.2. The average molecular weight is 476 g/mol. The Labute approximate surface area is 193 Å². The molecule has 10 heteroatoms. The highest BCUT2D eigenvalue weighted by Crippen LogP contribution is 2.30. The predicted octanol–water partition coefficient (Wildman–Crippen LogP) is 3.58. The van der Waals surface area contributed by atoms with Gasteiger partial charge in [-0.1, -0.05) is 31.2 Å². The number of rotatable bonds is 8. The van der Waals surface area contributed by atoms with Crippen molar-refractivity contribution in [1.82, 2.24) is 9.62 Å². The Morgan fingerprint density at radius 3 is 2.52 bits per heavy atom. The maximum Gasteiger partial charge on any atom is 0.270 e. The van der Waals surface area contributed by atoms with Crippen molar-refractivity contribution in [3.05, 3.63) is 63.7 Å². The molecule has 0 bridgehead atoms. The lowest BCUT2D eigenvalue weighted by molar-refractivity contribution is -0.385. The molecular weight excluding hydrogens is 446 g/mol. The van der Waals surface area contributed by atoms with E-state index >= 15 is 0 Å². The number of hydrogen-bond donors (Lipinski definition) is 1. The van der Waals surface area contributed by atoms with Crippen LogP contribution in [-0.4, -0.2) is 43.8 Å². The second kappa shape index (κ2) is 10.3. The summed E-state index contributed by atoms with van der Waals surface area (Å²) in [5, 5.41) is 14.2. The minimum absolute atomic E-state index is 0.0678. The fraction of sp³-hybridized carbons (Fsp3) is 0.435. The van der Waals surface area contributed by atoms with Crippen LogP contribution in [0.3, 0.4) is 0 Å². The van der Waals surface area contributed by atoms with Gasteiger partial charge >= 0.3 is 0 Å². The highest BCUT2D eigenvalue weighted by Gasteiger charge is 2.34. The summed E-state index contributed by atoms with van der Waals surface area (Å²) in [4.78, 5) is 23.4. The van der Waals surface area contributed by atoms with E-state index in [0.29, 0.717) is 30.6 Å². The van der Waals surface area contributed by atoms with Crippen molar-refractivity contribution in [3.63, 3.8) is 0 Å². The van der Waals surface area contributed by atoms with Gasteiger partial charge < -0.3 is 10.1 Å². The molecule has 3 rings (SSSR count). The number of carbonyl (C=O) groups excluding carboxylic acids is 1. The third-order valence-electron chi connectivity index (χ3n) is 6.06. The summed E-state index contributed by atoms with van der Waals surface area (Å²) in [6, 6.07) is 11.2. The summed E-state index contributed by atoms with van der Waals surface area (Å²) in [6.45, 7) is 3.94. The quantitative estimate of drug-likeness (QED) is 0.460. The van der Waals surface area contributed by atoms with E-state index in [2.05, 4.69) is 5.32 Å². The molecule has 2 aromatic carbocycles. The number of amides is 1. The predicted molar refractivity (Wildman–Crippen MR) is 123 cm³/mol. The van der Waals surface area contributed by atoms with Gasteiger partial charge in [0.15, 0.2) is 0 Å². The number of benzene rings is 2. The first-order valence-electron chi connectivity index (χ1n) is 10.9. The Morgan fingerprint density at radius 2 is 1.91 bits per heavy atom. The lowest BCUT2D eigenvalue weighted by atomic mass is 9.95. The molecule has 1 amide bonds. The van der Waals surface area contributed by atoms with Crippen LogP contribution in [0.2, 0.25) is 0 Å². The van der Waals surface area contributed by atoms with E-state index in [4.69, 9.17) is 4.74 Å². The van der Waals surface area contributed by atoms with Gasteiger partial charge in [-0.05, 0) is 37.8 Å². The number of aryl methyl sites for hydroxylation is 1. The van der Waals surface area contributed by atoms with Gasteiger partial charge in [0.25, 0.3) is 5.69 Å². The van der Waals surface area contributed by atoms with Crippen molar-refractivity contribution in [2.75, 3.05) is 20.2 Å². The number of sulfonamides is 1. The average Bonchev–Trinajstić information content (AvgIpc) is 2.82. The summed E-state index contributed by atoms with van der Waals surface area (Å²) in [5.74, 6) is 0.278. The number of hydrogen-bond acceptors (Lipinski definition) is 6. The Morgan fingerprint density at radius 1 is 1.24 bits per heavy atom. The van der Waals surface area contributed by atoms with Crippen LogP contribution in [0, 0.1) is 23.0 Å². The largest absolute Gasteiger partial charge is 0.496 e. The van der Waals surface area contributed by atoms with E-state index in [1.54, 1.807) is 14.0 Å². The summed E-state index contributed by atoms with van der Waals surface area (Å²) < 4.78 is 33.0. The molecule has 178 valence electrons. The van der Waals surface area contributed by atoms with Gasteiger partial charge in [0.2, 0.25) is 15.9 Å². The van der Waals surface area contributed by atoms with Gasteiger partial charge in [0, 0.05) is 36.7 Å². The van der Waals surface area contributed by atoms with Crippen LogP contribution >= 0.6 is 0 Å². The zero-order valence-electron chi connectivity index (χ0n) is 19.0. The number of carbonyl (C=O) groups is 1. The van der Waals surface area contributed by atoms with Gasteiger partial charge in [-0.3, -0.25) is 14.9 Å². The van der Waals surface area contributed by atoms with E-state index < -0.39 is 14.9 Å². The van der Waals surface area contributed by atoms with Crippen molar-refractivity contribution in [3.8, 4) is 5.75 Å². The topological polar surface area (TPSA) is 119 Å². The standard InChI is InChI=1S/C23H29N3O6S/c1-4-20(19-7-5-6-8-21(19)32-3)24-23(27)17-11-13-25(14-12-17)33(30,31)22-15-18(26(28)29)10-9-16(22)2/h5-10,15,17,20H,4,11-14H2,1-3H3,(H,24,27). The van der Waals surface area contributed by atoms with Crippen LogP contribution in [0.5, 0.6) is 5.75 Å². The SMILES string of the molecule is CCC(NC(=O)C1CCN(S(=O)(=O)c2cc([N+](=O)[O-])ccc2C)CC1)c1ccccc1OC. The molecule has 33 heavy (non-hydrogen) atoms. The molecule has 9 nitrogen and oxygen atoms in total. The number of non-ortho nitro benzene ring substituents is 1. The molecule has 0 spiro atoms. The maximum absolute atomic E-state index is 13.1. The smallest absolute Gasteiger partial charge is 0.270 e. The zero-order chi connectivity index (χ0) is 24.2. The Hall–Kier alpha value is -2.98. The number of para-hydroxylation sites is 1. The summed E-state index contributed by atoms with van der Waals surface area (Å²) >= 11 is 0. The minimum atomic E-state index is -3.90. The van der Waals surface area contributed by atoms with Crippen molar-refractivity contribution in [1.29, 1.82) is 0 Å². The number of piperidine rings is 1. The molecular formula is C23H29N3O6S. The van der Waals surface area contributed by atoms with Crippen LogP contribution in [0.25, 0.3) is 0 Å². The van der Waals surface area contributed by atoms with Gasteiger partial charge in [-0.15, -0.1) is 0 Å². The van der Waals surface area contributed by atoms with Gasteiger partial charge in [-0.25, -0.2) is 8.42 Å². The van der Waals surface area contributed by atoms with Crippen LogP contribution in [0.15, 0.2) is 47.4 Å². The molecule has 1 aliphatic heterocycles. The monoisotopic (exact) mass is 475 g/mol. The molecule has 1 aliphatic rings. The molecule has 1 heterocycles. The van der Waals surface area contributed by atoms with Crippen LogP contribution in [-0.2, 0) is 14.8 Å². The van der Waals surface area contributed by atoms with Gasteiger partial charge in [0.05, 0.1) is 23.0 Å². The first kappa shape index (κ1) is 24.7. The minimum Gasteiger partial charge on any atom is -0.496 e. The van der Waals surface area contributed by atoms with E-state index in [1.807, 2.05) is 31.2 Å². The summed E-state index contributed by atoms with van der Waals surface area (Å²) in [6.07, 6.45) is 1.44. The summed E-state index contributed by atoms with van der Waals surface area (Å²) in [5.41, 5.74) is 1.08. The molecule has 1 atom stereocenters. The van der Waals surface area contributed by atoms with E-state index in [0.717, 1.165) is 11.6 Å². The summed E-state index contributed by atoms with van der Waals surface area (Å²) in [7, 11) is -2.31. The molecule has 2 aromatic rings. The maximum atomic E-state index is 13.1. The van der Waals surface area contributed by atoms with Crippen LogP contribution in [0.4, 0.5) is 5.69 Å². The van der Waals surface area contributed by atoms with Gasteiger partial charge in [0.1, 0.15) is 5.75 Å². The fourth-order valence-electron chi connectivity index (χ4n) is 4.12. The molecule has 0 aromatic heterocycles. The lowest BCUT2D eigenvalue weighted by Gasteiger charge is -2.32. The van der Waals surface area contributed by atoms with Gasteiger partial charge in [-0.2, -0.15) is 4.31 Å². The van der Waals surface area contributed by atoms with Crippen LogP contribution < -0.4 is 10.1 Å². The number of nitrogens with one attached hydrogen (secondary N) is 1. The number of nitro groups is 1. The van der Waals surface area contributed by atoms with Crippen molar-refractivity contribution >= 4 is 21.6 Å². The number of methoxy groups -OCH3 is 1. The second-order valence-corrected chi connectivity index (χ2v) is 10.0. The van der Waals surface area contributed by atoms with Crippen molar-refractivity contribution in [2.24, 2.45) is 5.92 Å². The molecule has 0 radical (unpaired) electrons. The third-order valence-corrected chi connectivity index (χ3v) is 8.10. The first-order valence-corrected chi connectivity index (χ1v) is 12.3. The Bertz CT molecular complexity index is 1130. The number of nitrogens with zero attached hydrogens (tertiary/aromatic N) is 2. The molecule has 1 fully saturated rings. The Kier molecular flexibility index (Phi) is 7.70. The zero-order valence-corrected chi connectivity index (χ0v) is 19.8. The highest BCUT2D eigenvalue weighted by molar-refractivity contribution is 7.89. The normalized spacial score (nSPS) is 16.2. The van der Waals surface area contributed by atoms with E-state index in [1.165, 1.54) is 16.4 Å². The third kappa shape index (κ3) is 5.33. The second-order valence-electron chi connectivity index (χ2n) is 8.10. The molecule has 1 saturated heterocycles. The van der Waals surface area contributed by atoms with E-state index in [-0.39, 0.29) is 41.5 Å².